The van der Waals surface area contributed by atoms with E-state index in [2.05, 4.69) is 0 Å². The summed E-state index contributed by atoms with van der Waals surface area (Å²) in [5.41, 5.74) is 2.87. The summed E-state index contributed by atoms with van der Waals surface area (Å²) in [5.74, 6) is -1.01. The molecule has 2 atom stereocenters. The maximum atomic E-state index is 12.0. The minimum Gasteiger partial charge on any atom is -0.464 e. The molecule has 0 fully saturated rings. The monoisotopic (exact) mass is 284 g/mol. The summed E-state index contributed by atoms with van der Waals surface area (Å²) in [6.07, 6.45) is -1.21. The lowest BCUT2D eigenvalue weighted by molar-refractivity contribution is -0.153. The van der Waals surface area contributed by atoms with Crippen molar-refractivity contribution in [3.63, 3.8) is 0 Å². The van der Waals surface area contributed by atoms with Gasteiger partial charge in [0.2, 0.25) is 0 Å². The number of esters is 1. The summed E-state index contributed by atoms with van der Waals surface area (Å²) in [4.78, 5) is 12.0. The van der Waals surface area contributed by atoms with Crippen molar-refractivity contribution in [2.75, 3.05) is 6.61 Å². The lowest BCUT2D eigenvalue weighted by Crippen LogP contribution is -2.31. The second-order valence-corrected chi connectivity index (χ2v) is 4.94. The van der Waals surface area contributed by atoms with E-state index in [9.17, 15) is 9.90 Å². The third-order valence-electron chi connectivity index (χ3n) is 3.53. The smallest absolute Gasteiger partial charge is 0.335 e. The van der Waals surface area contributed by atoms with Gasteiger partial charge in [-0.2, -0.15) is 0 Å². The number of aliphatic hydroxyl groups is 1. The minimum atomic E-state index is -1.21. The van der Waals surface area contributed by atoms with Crippen molar-refractivity contribution in [3.05, 3.63) is 71.3 Å². The van der Waals surface area contributed by atoms with Crippen LogP contribution in [0.4, 0.5) is 0 Å². The Morgan fingerprint density at radius 3 is 2.33 bits per heavy atom. The van der Waals surface area contributed by atoms with E-state index in [0.717, 1.165) is 16.7 Å². The molecule has 0 amide bonds. The Kier molecular flexibility index (Phi) is 5.12. The van der Waals surface area contributed by atoms with Gasteiger partial charge in [0.25, 0.3) is 0 Å². The molecule has 0 spiro atoms. The van der Waals surface area contributed by atoms with E-state index in [1.165, 1.54) is 0 Å². The topological polar surface area (TPSA) is 46.5 Å². The molecule has 110 valence electrons. The Bertz CT molecular complexity index is 592. The van der Waals surface area contributed by atoms with Crippen LogP contribution in [0.1, 0.15) is 29.5 Å². The molecule has 0 heterocycles. The fourth-order valence-electron chi connectivity index (χ4n) is 2.49. The predicted molar refractivity (Wildman–Crippen MR) is 82.1 cm³/mol. The third kappa shape index (κ3) is 3.50. The minimum absolute atomic E-state index is 0.255. The van der Waals surface area contributed by atoms with Crippen LogP contribution in [-0.4, -0.2) is 23.8 Å². The molecule has 2 rings (SSSR count). The number of aliphatic hydroxyl groups excluding tert-OH is 1. The number of carbonyl (C=O) groups excluding carboxylic acids is 1. The molecular formula is C18H20O3. The zero-order chi connectivity index (χ0) is 15.2. The van der Waals surface area contributed by atoms with E-state index < -0.39 is 18.0 Å². The Labute approximate surface area is 125 Å². The maximum Gasteiger partial charge on any atom is 0.335 e. The number of rotatable bonds is 5. The molecular weight excluding hydrogens is 264 g/mol. The Morgan fingerprint density at radius 1 is 1.10 bits per heavy atom. The van der Waals surface area contributed by atoms with E-state index in [-0.39, 0.29) is 6.61 Å². The van der Waals surface area contributed by atoms with Gasteiger partial charge >= 0.3 is 5.97 Å². The van der Waals surface area contributed by atoms with Crippen LogP contribution in [0, 0.1) is 6.92 Å². The SMILES string of the molecule is CCOC(=O)C(O)C(c1ccccc1)c1ccccc1C. The van der Waals surface area contributed by atoms with Gasteiger partial charge in [-0.15, -0.1) is 0 Å². The predicted octanol–water partition coefficient (Wildman–Crippen LogP) is 3.05. The molecule has 0 aromatic heterocycles. The van der Waals surface area contributed by atoms with Crippen molar-refractivity contribution in [2.45, 2.75) is 25.9 Å². The summed E-state index contributed by atoms with van der Waals surface area (Å²) >= 11 is 0. The molecule has 0 bridgehead atoms. The average molecular weight is 284 g/mol. The quantitative estimate of drug-likeness (QED) is 0.858. The molecule has 0 saturated carbocycles. The lowest BCUT2D eigenvalue weighted by Gasteiger charge is -2.24. The van der Waals surface area contributed by atoms with E-state index in [0.29, 0.717) is 0 Å². The number of ether oxygens (including phenoxy) is 1. The van der Waals surface area contributed by atoms with Gasteiger partial charge in [0.15, 0.2) is 6.10 Å². The zero-order valence-electron chi connectivity index (χ0n) is 12.3. The molecule has 1 N–H and O–H groups in total. The molecule has 0 aliphatic carbocycles. The first-order chi connectivity index (χ1) is 10.1. The number of aryl methyl sites for hydroxylation is 1. The second-order valence-electron chi connectivity index (χ2n) is 4.94. The summed E-state index contributed by atoms with van der Waals surface area (Å²) in [6.45, 7) is 3.96. The van der Waals surface area contributed by atoms with Crippen LogP contribution < -0.4 is 0 Å². The van der Waals surface area contributed by atoms with Crippen LogP contribution in [0.3, 0.4) is 0 Å². The summed E-state index contributed by atoms with van der Waals surface area (Å²) < 4.78 is 4.98. The van der Waals surface area contributed by atoms with Crippen molar-refractivity contribution in [1.29, 1.82) is 0 Å². The van der Waals surface area contributed by atoms with Gasteiger partial charge in [0, 0.05) is 5.92 Å². The Hall–Kier alpha value is -2.13. The Morgan fingerprint density at radius 2 is 1.71 bits per heavy atom. The fraction of sp³-hybridized carbons (Fsp3) is 0.278. The first-order valence-electron chi connectivity index (χ1n) is 7.10. The van der Waals surface area contributed by atoms with Gasteiger partial charge in [0.05, 0.1) is 6.61 Å². The molecule has 0 aliphatic heterocycles. The largest absolute Gasteiger partial charge is 0.464 e. The molecule has 3 heteroatoms. The number of hydrogen-bond donors (Lipinski definition) is 1. The van der Waals surface area contributed by atoms with Crippen LogP contribution in [-0.2, 0) is 9.53 Å². The van der Waals surface area contributed by atoms with Crippen molar-refractivity contribution < 1.29 is 14.6 Å². The van der Waals surface area contributed by atoms with Crippen LogP contribution in [0.25, 0.3) is 0 Å². The van der Waals surface area contributed by atoms with Gasteiger partial charge < -0.3 is 9.84 Å². The van der Waals surface area contributed by atoms with Crippen LogP contribution in [0.15, 0.2) is 54.6 Å². The highest BCUT2D eigenvalue weighted by molar-refractivity contribution is 5.76. The van der Waals surface area contributed by atoms with Gasteiger partial charge in [-0.25, -0.2) is 4.79 Å². The zero-order valence-corrected chi connectivity index (χ0v) is 12.3. The number of hydrogen-bond acceptors (Lipinski definition) is 3. The average Bonchev–Trinajstić information content (AvgIpc) is 2.50. The lowest BCUT2D eigenvalue weighted by atomic mass is 9.84. The molecule has 2 unspecified atom stereocenters. The highest BCUT2D eigenvalue weighted by Gasteiger charge is 2.30. The van der Waals surface area contributed by atoms with Crippen LogP contribution in [0.2, 0.25) is 0 Å². The van der Waals surface area contributed by atoms with Crippen molar-refractivity contribution in [2.24, 2.45) is 0 Å². The van der Waals surface area contributed by atoms with E-state index in [4.69, 9.17) is 4.74 Å². The highest BCUT2D eigenvalue weighted by atomic mass is 16.5. The van der Waals surface area contributed by atoms with Crippen molar-refractivity contribution >= 4 is 5.97 Å². The van der Waals surface area contributed by atoms with E-state index in [1.807, 2.05) is 61.5 Å². The van der Waals surface area contributed by atoms with Crippen LogP contribution in [0.5, 0.6) is 0 Å². The molecule has 3 nitrogen and oxygen atoms in total. The fourth-order valence-corrected chi connectivity index (χ4v) is 2.49. The molecule has 0 radical (unpaired) electrons. The number of carbonyl (C=O) groups is 1. The summed E-state index contributed by atoms with van der Waals surface area (Å²) in [5, 5.41) is 10.5. The van der Waals surface area contributed by atoms with Gasteiger partial charge in [-0.3, -0.25) is 0 Å². The first-order valence-corrected chi connectivity index (χ1v) is 7.10. The molecule has 2 aromatic carbocycles. The molecule has 0 aliphatic rings. The van der Waals surface area contributed by atoms with Gasteiger partial charge in [-0.1, -0.05) is 54.6 Å². The van der Waals surface area contributed by atoms with Gasteiger partial charge in [-0.05, 0) is 30.5 Å². The van der Waals surface area contributed by atoms with Crippen molar-refractivity contribution in [3.8, 4) is 0 Å². The molecule has 2 aromatic rings. The maximum absolute atomic E-state index is 12.0. The van der Waals surface area contributed by atoms with Gasteiger partial charge in [0.1, 0.15) is 0 Å². The van der Waals surface area contributed by atoms with E-state index in [1.54, 1.807) is 6.92 Å². The summed E-state index contributed by atoms with van der Waals surface area (Å²) in [7, 11) is 0. The summed E-state index contributed by atoms with van der Waals surface area (Å²) in [6, 6.07) is 17.3. The van der Waals surface area contributed by atoms with Crippen LogP contribution >= 0.6 is 0 Å². The normalized spacial score (nSPS) is 13.5. The third-order valence-corrected chi connectivity index (χ3v) is 3.53. The standard InChI is InChI=1S/C18H20O3/c1-3-21-18(20)17(19)16(14-10-5-4-6-11-14)15-12-8-7-9-13(15)2/h4-12,16-17,19H,3H2,1-2H3. The highest BCUT2D eigenvalue weighted by Crippen LogP contribution is 2.30. The van der Waals surface area contributed by atoms with Crippen molar-refractivity contribution in [1.82, 2.24) is 0 Å². The first kappa shape index (κ1) is 15.3. The molecule has 0 saturated heterocycles. The Balaban J connectivity index is 2.45. The second kappa shape index (κ2) is 7.04. The van der Waals surface area contributed by atoms with E-state index >= 15 is 0 Å². The molecule has 21 heavy (non-hydrogen) atoms. The number of benzene rings is 2.